The first-order chi connectivity index (χ1) is 27.9. The maximum atomic E-state index is 12.9. The van der Waals surface area contributed by atoms with Crippen LogP contribution in [0.1, 0.15) is 213 Å². The Hall–Kier alpha value is -0.920. The molecule has 0 aliphatic heterocycles. The van der Waals surface area contributed by atoms with Gasteiger partial charge in [-0.25, -0.2) is 4.57 Å². The van der Waals surface area contributed by atoms with Gasteiger partial charge >= 0.3 is 7.82 Å². The molecule has 9 atom stereocenters. The van der Waals surface area contributed by atoms with E-state index in [1.54, 1.807) is 0 Å². The smallest absolute Gasteiger partial charge is 0.387 e. The topological polar surface area (TPSA) is 206 Å². The van der Waals surface area contributed by atoms with E-state index in [0.717, 1.165) is 44.9 Å². The second kappa shape index (κ2) is 35.7. The lowest BCUT2D eigenvalue weighted by Gasteiger charge is -2.41. The molecule has 1 aliphatic rings. The highest BCUT2D eigenvalue weighted by Crippen LogP contribution is 2.47. The summed E-state index contributed by atoms with van der Waals surface area (Å²) in [5.74, 6) is -0.338. The van der Waals surface area contributed by atoms with E-state index in [0.29, 0.717) is 6.42 Å². The minimum atomic E-state index is -5.07. The summed E-state index contributed by atoms with van der Waals surface area (Å²) in [4.78, 5) is 23.4. The molecule has 1 fully saturated rings. The normalized spacial score (nSPS) is 23.3. The SMILES string of the molecule is CCCCCCCCCCCCCCCC/C=C/[C@@H](O)[C@H](COP(=O)(O)OC1C(O)C(O)C(O)[C@@H](O)C1O)NC(=O)CCCCCCCCCCCCCCCCC. The fourth-order valence-corrected chi connectivity index (χ4v) is 8.64. The van der Waals surface area contributed by atoms with Crippen molar-refractivity contribution in [2.24, 2.45) is 0 Å². The average molecular weight is 850 g/mol. The molecule has 58 heavy (non-hydrogen) atoms. The summed E-state index contributed by atoms with van der Waals surface area (Å²) in [5.41, 5.74) is 0. The summed E-state index contributed by atoms with van der Waals surface area (Å²) in [6, 6.07) is -1.11. The summed E-state index contributed by atoms with van der Waals surface area (Å²) in [6.07, 6.45) is 27.0. The van der Waals surface area contributed by atoms with Gasteiger partial charge in [-0.3, -0.25) is 13.8 Å². The highest BCUT2D eigenvalue weighted by atomic mass is 31.2. The van der Waals surface area contributed by atoms with E-state index in [-0.39, 0.29) is 12.3 Å². The van der Waals surface area contributed by atoms with E-state index < -0.39 is 63.2 Å². The van der Waals surface area contributed by atoms with Gasteiger partial charge in [0.25, 0.3) is 0 Å². The van der Waals surface area contributed by atoms with Crippen molar-refractivity contribution in [3.8, 4) is 0 Å². The van der Waals surface area contributed by atoms with Crippen LogP contribution in [0, 0.1) is 0 Å². The van der Waals surface area contributed by atoms with Gasteiger partial charge in [0.15, 0.2) is 0 Å². The molecular formula is C45H88NO11P. The monoisotopic (exact) mass is 850 g/mol. The molecule has 1 aliphatic carbocycles. The van der Waals surface area contributed by atoms with Gasteiger partial charge in [0.1, 0.15) is 36.6 Å². The standard InChI is InChI=1S/C45H88NO11P/c1-3-5-7-9-11-13-15-17-19-21-22-24-26-28-30-32-34-38(47)37(36-56-58(54,55)57-45-43(52)41(50)40(49)42(51)44(45)53)46-39(48)35-33-31-29-27-25-23-20-18-16-14-12-10-8-6-4-2/h32,34,37-38,40-45,47,49-53H,3-31,33,35-36H2,1-2H3,(H,46,48)(H,54,55)/b34-32+/t37-,38+,40?,41+,42?,43?,44?,45?/m0/s1. The van der Waals surface area contributed by atoms with E-state index in [1.165, 1.54) is 147 Å². The van der Waals surface area contributed by atoms with Gasteiger partial charge in [-0.1, -0.05) is 199 Å². The third-order valence-electron chi connectivity index (χ3n) is 11.6. The minimum absolute atomic E-state index is 0.218. The van der Waals surface area contributed by atoms with Crippen molar-refractivity contribution in [3.63, 3.8) is 0 Å². The van der Waals surface area contributed by atoms with Crippen LogP contribution in [0.2, 0.25) is 0 Å². The van der Waals surface area contributed by atoms with Crippen LogP contribution in [-0.2, 0) is 18.4 Å². The van der Waals surface area contributed by atoms with Crippen molar-refractivity contribution < 1.29 is 53.9 Å². The first-order valence-electron chi connectivity index (χ1n) is 23.6. The lowest BCUT2D eigenvalue weighted by molar-refractivity contribution is -0.220. The zero-order chi connectivity index (χ0) is 42.9. The molecule has 6 unspecified atom stereocenters. The summed E-state index contributed by atoms with van der Waals surface area (Å²) in [5, 5.41) is 64.0. The van der Waals surface area contributed by atoms with Crippen LogP contribution in [0.25, 0.3) is 0 Å². The number of phosphoric acid groups is 1. The predicted molar refractivity (Wildman–Crippen MR) is 232 cm³/mol. The third kappa shape index (κ3) is 27.1. The van der Waals surface area contributed by atoms with Crippen LogP contribution in [0.15, 0.2) is 12.2 Å². The molecule has 0 aromatic carbocycles. The van der Waals surface area contributed by atoms with Crippen LogP contribution in [0.4, 0.5) is 0 Å². The van der Waals surface area contributed by atoms with Gasteiger partial charge in [0.2, 0.25) is 5.91 Å². The lowest BCUT2D eigenvalue weighted by Crippen LogP contribution is -2.64. The number of nitrogens with one attached hydrogen (secondary N) is 1. The van der Waals surface area contributed by atoms with E-state index in [1.807, 2.05) is 6.08 Å². The molecular weight excluding hydrogens is 761 g/mol. The molecule has 0 aromatic rings. The minimum Gasteiger partial charge on any atom is -0.387 e. The Kier molecular flexibility index (Phi) is 33.9. The van der Waals surface area contributed by atoms with Crippen LogP contribution in [0.5, 0.6) is 0 Å². The summed E-state index contributed by atoms with van der Waals surface area (Å²) in [6.45, 7) is 3.85. The van der Waals surface area contributed by atoms with Crippen LogP contribution in [-0.4, -0.2) is 96.8 Å². The summed E-state index contributed by atoms with van der Waals surface area (Å²) < 4.78 is 22.9. The molecule has 1 saturated carbocycles. The maximum absolute atomic E-state index is 12.9. The number of carbonyl (C=O) groups is 1. The van der Waals surface area contributed by atoms with Gasteiger partial charge in [-0.2, -0.15) is 0 Å². The number of amides is 1. The number of aliphatic hydroxyl groups excluding tert-OH is 6. The first kappa shape index (κ1) is 55.1. The molecule has 12 nitrogen and oxygen atoms in total. The Balaban J connectivity index is 2.49. The molecule has 0 spiro atoms. The lowest BCUT2D eigenvalue weighted by atomic mass is 9.85. The van der Waals surface area contributed by atoms with E-state index in [4.69, 9.17) is 9.05 Å². The number of hydrogen-bond acceptors (Lipinski definition) is 10. The molecule has 0 radical (unpaired) electrons. The van der Waals surface area contributed by atoms with Gasteiger partial charge in [0.05, 0.1) is 18.8 Å². The van der Waals surface area contributed by atoms with E-state index in [9.17, 15) is 44.9 Å². The highest BCUT2D eigenvalue weighted by molar-refractivity contribution is 7.47. The maximum Gasteiger partial charge on any atom is 0.472 e. The van der Waals surface area contributed by atoms with Gasteiger partial charge in [-0.15, -0.1) is 0 Å². The van der Waals surface area contributed by atoms with Gasteiger partial charge in [-0.05, 0) is 19.3 Å². The first-order valence-corrected chi connectivity index (χ1v) is 25.1. The Morgan fingerprint density at radius 3 is 1.31 bits per heavy atom. The molecule has 0 aromatic heterocycles. The third-order valence-corrected chi connectivity index (χ3v) is 12.6. The van der Waals surface area contributed by atoms with Crippen molar-refractivity contribution in [2.75, 3.05) is 6.61 Å². The number of phosphoric ester groups is 1. The second-order valence-corrected chi connectivity index (χ2v) is 18.4. The van der Waals surface area contributed by atoms with Gasteiger partial charge in [0, 0.05) is 6.42 Å². The fourth-order valence-electron chi connectivity index (χ4n) is 7.67. The molecule has 13 heteroatoms. The quantitative estimate of drug-likeness (QED) is 0.0167. The average Bonchev–Trinajstić information content (AvgIpc) is 3.20. The van der Waals surface area contributed by atoms with Crippen LogP contribution < -0.4 is 5.32 Å². The largest absolute Gasteiger partial charge is 0.472 e. The summed E-state index contributed by atoms with van der Waals surface area (Å²) in [7, 11) is -5.07. The van der Waals surface area contributed by atoms with Gasteiger partial charge < -0.3 is 40.8 Å². The zero-order valence-corrected chi connectivity index (χ0v) is 37.5. The Morgan fingerprint density at radius 2 is 0.914 bits per heavy atom. The molecule has 8 N–H and O–H groups in total. The van der Waals surface area contributed by atoms with E-state index in [2.05, 4.69) is 19.2 Å². The van der Waals surface area contributed by atoms with Crippen LogP contribution >= 0.6 is 7.82 Å². The Morgan fingerprint density at radius 1 is 0.569 bits per heavy atom. The van der Waals surface area contributed by atoms with Crippen molar-refractivity contribution in [2.45, 2.75) is 262 Å². The molecule has 0 bridgehead atoms. The molecule has 0 saturated heterocycles. The van der Waals surface area contributed by atoms with Crippen molar-refractivity contribution in [1.29, 1.82) is 0 Å². The molecule has 344 valence electrons. The number of aliphatic hydroxyl groups is 6. The van der Waals surface area contributed by atoms with E-state index >= 15 is 0 Å². The number of rotatable bonds is 39. The number of hydrogen-bond donors (Lipinski definition) is 8. The van der Waals surface area contributed by atoms with Crippen molar-refractivity contribution in [3.05, 3.63) is 12.2 Å². The Bertz CT molecular complexity index is 1040. The predicted octanol–water partition coefficient (Wildman–Crippen LogP) is 8.84. The second-order valence-electron chi connectivity index (χ2n) is 17.0. The number of unbranched alkanes of at least 4 members (excludes halogenated alkanes) is 28. The number of carbonyl (C=O) groups excluding carboxylic acids is 1. The van der Waals surface area contributed by atoms with Crippen LogP contribution in [0.3, 0.4) is 0 Å². The fraction of sp³-hybridized carbons (Fsp3) is 0.933. The number of allylic oxidation sites excluding steroid dienone is 1. The summed E-state index contributed by atoms with van der Waals surface area (Å²) >= 11 is 0. The van der Waals surface area contributed by atoms with Crippen molar-refractivity contribution >= 4 is 13.7 Å². The molecule has 1 rings (SSSR count). The highest BCUT2D eigenvalue weighted by Gasteiger charge is 2.51. The van der Waals surface area contributed by atoms with Crippen molar-refractivity contribution in [1.82, 2.24) is 5.32 Å². The molecule has 1 amide bonds. The zero-order valence-electron chi connectivity index (χ0n) is 36.6. The molecule has 0 heterocycles. The Labute approximate surface area is 352 Å².